The summed E-state index contributed by atoms with van der Waals surface area (Å²) in [5.41, 5.74) is -0.136. The first-order chi connectivity index (χ1) is 7.70. The summed E-state index contributed by atoms with van der Waals surface area (Å²) in [4.78, 5) is 20.1. The molecule has 0 unspecified atom stereocenters. The molecule has 1 aromatic rings. The van der Waals surface area contributed by atoms with Crippen LogP contribution in [0.5, 0.6) is 0 Å². The summed E-state index contributed by atoms with van der Waals surface area (Å²) in [7, 11) is 1.63. The smallest absolute Gasteiger partial charge is 0.266 e. The molecule has 1 rings (SSSR count). The van der Waals surface area contributed by atoms with Crippen LogP contribution in [0.3, 0.4) is 0 Å². The molecule has 0 bridgehead atoms. The summed E-state index contributed by atoms with van der Waals surface area (Å²) < 4.78 is 5.58. The minimum Gasteiger partial charge on any atom is -0.383 e. The van der Waals surface area contributed by atoms with Crippen LogP contribution in [0.1, 0.15) is 0 Å². The maximum Gasteiger partial charge on any atom is 0.266 e. The van der Waals surface area contributed by atoms with E-state index in [0.717, 1.165) is 0 Å². The molecule has 90 valence electrons. The monoisotopic (exact) mass is 357 g/mol. The van der Waals surface area contributed by atoms with Crippen LogP contribution in [0.4, 0.5) is 5.82 Å². The maximum atomic E-state index is 11.4. The van der Waals surface area contributed by atoms with Crippen LogP contribution >= 0.6 is 34.2 Å². The van der Waals surface area contributed by atoms with Crippen LogP contribution in [-0.4, -0.2) is 42.7 Å². The fourth-order valence-corrected chi connectivity index (χ4v) is 2.06. The highest BCUT2D eigenvalue weighted by atomic mass is 127. The van der Waals surface area contributed by atoms with Gasteiger partial charge in [-0.3, -0.25) is 4.79 Å². The number of ether oxygens (including phenoxy) is 1. The van der Waals surface area contributed by atoms with Gasteiger partial charge in [0.2, 0.25) is 0 Å². The molecule has 16 heavy (non-hydrogen) atoms. The lowest BCUT2D eigenvalue weighted by molar-refractivity contribution is 0.205. The van der Waals surface area contributed by atoms with Crippen LogP contribution in [0.15, 0.2) is 11.1 Å². The average molecular weight is 358 g/mol. The summed E-state index contributed by atoms with van der Waals surface area (Å²) in [5, 5.41) is 0. The number of H-pyrrole nitrogens is 1. The molecular weight excluding hydrogens is 344 g/mol. The van der Waals surface area contributed by atoms with Gasteiger partial charge in [0.05, 0.1) is 12.9 Å². The van der Waals surface area contributed by atoms with Gasteiger partial charge in [-0.1, -0.05) is 0 Å². The van der Waals surface area contributed by atoms with Crippen molar-refractivity contribution in [2.24, 2.45) is 0 Å². The quantitative estimate of drug-likeness (QED) is 0.611. The summed E-state index contributed by atoms with van der Waals surface area (Å²) in [5.74, 6) is 1.14. The molecule has 0 fully saturated rings. The van der Waals surface area contributed by atoms with E-state index in [-0.39, 0.29) is 5.56 Å². The number of alkyl halides is 1. The minimum absolute atomic E-state index is 0.136. The molecule has 0 spiro atoms. The number of hydrogen-bond donors (Lipinski definition) is 1. The fraction of sp³-hybridized carbons (Fsp3) is 0.556. The number of aromatic nitrogens is 2. The molecule has 1 heterocycles. The van der Waals surface area contributed by atoms with E-state index in [1.165, 1.54) is 6.33 Å². The average Bonchev–Trinajstić information content (AvgIpc) is 2.28. The van der Waals surface area contributed by atoms with Gasteiger partial charge in [-0.05, 0) is 22.6 Å². The van der Waals surface area contributed by atoms with E-state index in [4.69, 9.17) is 16.3 Å². The Bertz CT molecular complexity index is 385. The van der Waals surface area contributed by atoms with E-state index in [0.29, 0.717) is 35.0 Å². The van der Waals surface area contributed by atoms with Crippen molar-refractivity contribution in [1.82, 2.24) is 9.97 Å². The van der Waals surface area contributed by atoms with Gasteiger partial charge in [0.1, 0.15) is 9.39 Å². The number of nitrogens with zero attached hydrogens (tertiary/aromatic N) is 2. The zero-order chi connectivity index (χ0) is 12.0. The number of halogens is 2. The van der Waals surface area contributed by atoms with Crippen LogP contribution in [-0.2, 0) is 4.74 Å². The van der Waals surface area contributed by atoms with E-state index in [1.54, 1.807) is 7.11 Å². The van der Waals surface area contributed by atoms with Crippen LogP contribution < -0.4 is 10.5 Å². The van der Waals surface area contributed by atoms with Gasteiger partial charge >= 0.3 is 0 Å². The Hall–Kier alpha value is -0.340. The second kappa shape index (κ2) is 7.08. The molecule has 1 aromatic heterocycles. The molecule has 0 aliphatic carbocycles. The van der Waals surface area contributed by atoms with Gasteiger partial charge in [-0.2, -0.15) is 0 Å². The molecule has 0 aromatic carbocycles. The molecular formula is C9H13ClIN3O2. The SMILES string of the molecule is COCCN(CCCl)c1nc[nH]c(=O)c1I. The van der Waals surface area contributed by atoms with E-state index in [1.807, 2.05) is 27.5 Å². The van der Waals surface area contributed by atoms with Gasteiger partial charge < -0.3 is 14.6 Å². The van der Waals surface area contributed by atoms with Crippen molar-refractivity contribution in [2.45, 2.75) is 0 Å². The van der Waals surface area contributed by atoms with Crippen molar-refractivity contribution in [3.05, 3.63) is 20.3 Å². The highest BCUT2D eigenvalue weighted by molar-refractivity contribution is 14.1. The Labute approximate surface area is 112 Å². The van der Waals surface area contributed by atoms with E-state index in [9.17, 15) is 4.79 Å². The molecule has 1 N–H and O–H groups in total. The standard InChI is InChI=1S/C9H13ClIN3O2/c1-16-5-4-14(3-2-10)8-7(11)9(15)13-6-12-8/h6H,2-5H2,1H3,(H,12,13,15). The van der Waals surface area contributed by atoms with Gasteiger partial charge in [0.25, 0.3) is 5.56 Å². The highest BCUT2D eigenvalue weighted by Gasteiger charge is 2.12. The lowest BCUT2D eigenvalue weighted by Gasteiger charge is -2.22. The van der Waals surface area contributed by atoms with Crippen molar-refractivity contribution in [3.8, 4) is 0 Å². The Morgan fingerprint density at radius 1 is 1.62 bits per heavy atom. The molecule has 0 radical (unpaired) electrons. The Kier molecular flexibility index (Phi) is 6.07. The zero-order valence-electron chi connectivity index (χ0n) is 8.87. The zero-order valence-corrected chi connectivity index (χ0v) is 11.8. The van der Waals surface area contributed by atoms with Gasteiger partial charge in [-0.25, -0.2) is 4.98 Å². The maximum absolute atomic E-state index is 11.4. The number of rotatable bonds is 6. The number of nitrogens with one attached hydrogen (secondary N) is 1. The highest BCUT2D eigenvalue weighted by Crippen LogP contribution is 2.14. The van der Waals surface area contributed by atoms with Gasteiger partial charge in [0, 0.05) is 26.1 Å². The van der Waals surface area contributed by atoms with E-state index in [2.05, 4.69) is 9.97 Å². The van der Waals surface area contributed by atoms with Crippen LogP contribution in [0.2, 0.25) is 0 Å². The van der Waals surface area contributed by atoms with E-state index >= 15 is 0 Å². The molecule has 0 aliphatic rings. The van der Waals surface area contributed by atoms with Crippen molar-refractivity contribution in [3.63, 3.8) is 0 Å². The molecule has 0 aliphatic heterocycles. The van der Waals surface area contributed by atoms with Crippen molar-refractivity contribution < 1.29 is 4.74 Å². The molecule has 7 heteroatoms. The Balaban J connectivity index is 2.91. The Morgan fingerprint density at radius 2 is 2.38 bits per heavy atom. The molecule has 5 nitrogen and oxygen atoms in total. The fourth-order valence-electron chi connectivity index (χ4n) is 1.22. The summed E-state index contributed by atoms with van der Waals surface area (Å²) in [6.45, 7) is 1.87. The number of anilines is 1. The second-order valence-electron chi connectivity index (χ2n) is 3.04. The largest absolute Gasteiger partial charge is 0.383 e. The third-order valence-electron chi connectivity index (χ3n) is 2.00. The van der Waals surface area contributed by atoms with Crippen molar-refractivity contribution in [1.29, 1.82) is 0 Å². The van der Waals surface area contributed by atoms with E-state index < -0.39 is 0 Å². The lowest BCUT2D eigenvalue weighted by atomic mass is 10.4. The predicted molar refractivity (Wildman–Crippen MR) is 72.4 cm³/mol. The first-order valence-electron chi connectivity index (χ1n) is 4.73. The minimum atomic E-state index is -0.136. The number of aromatic amines is 1. The Morgan fingerprint density at radius 3 is 3.00 bits per heavy atom. The first-order valence-corrected chi connectivity index (χ1v) is 6.35. The first kappa shape index (κ1) is 13.7. The number of hydrogen-bond acceptors (Lipinski definition) is 4. The molecule has 0 atom stereocenters. The number of methoxy groups -OCH3 is 1. The van der Waals surface area contributed by atoms with Crippen LogP contribution in [0.25, 0.3) is 0 Å². The summed E-state index contributed by atoms with van der Waals surface area (Å²) in [6, 6.07) is 0. The summed E-state index contributed by atoms with van der Waals surface area (Å²) >= 11 is 7.70. The lowest BCUT2D eigenvalue weighted by Crippen LogP contribution is -2.32. The topological polar surface area (TPSA) is 58.2 Å². The second-order valence-corrected chi connectivity index (χ2v) is 4.49. The molecule has 0 saturated heterocycles. The van der Waals surface area contributed by atoms with Crippen molar-refractivity contribution in [2.75, 3.05) is 37.6 Å². The molecule has 0 saturated carbocycles. The normalized spacial score (nSPS) is 10.4. The van der Waals surface area contributed by atoms with Crippen LogP contribution in [0, 0.1) is 3.57 Å². The molecule has 0 amide bonds. The third-order valence-corrected chi connectivity index (χ3v) is 3.14. The third kappa shape index (κ3) is 3.60. The van der Waals surface area contributed by atoms with Crippen molar-refractivity contribution >= 4 is 40.0 Å². The van der Waals surface area contributed by atoms with Gasteiger partial charge in [-0.15, -0.1) is 11.6 Å². The van der Waals surface area contributed by atoms with Gasteiger partial charge in [0.15, 0.2) is 0 Å². The summed E-state index contributed by atoms with van der Waals surface area (Å²) in [6.07, 6.45) is 1.40. The predicted octanol–water partition coefficient (Wildman–Crippen LogP) is 1.07.